The molecule has 0 fully saturated rings. The van der Waals surface area contributed by atoms with Crippen molar-refractivity contribution < 1.29 is 33.3 Å². The van der Waals surface area contributed by atoms with Crippen LogP contribution in [0, 0.1) is 0 Å². The molecule has 1 aliphatic heterocycles. The quantitative estimate of drug-likeness (QED) is 0.686. The number of para-hydroxylation sites is 2. The summed E-state index contributed by atoms with van der Waals surface area (Å²) in [5.74, 6) is 0.409. The van der Waals surface area contributed by atoms with Crippen LogP contribution in [0.1, 0.15) is 0 Å². The van der Waals surface area contributed by atoms with Crippen LogP contribution in [-0.4, -0.2) is 46.6 Å². The first kappa shape index (κ1) is 20.2. The summed E-state index contributed by atoms with van der Waals surface area (Å²) < 4.78 is 26.4. The molecule has 0 saturated heterocycles. The summed E-state index contributed by atoms with van der Waals surface area (Å²) in [6.45, 7) is -0.0248. The van der Waals surface area contributed by atoms with Gasteiger partial charge in [-0.1, -0.05) is 12.1 Å². The molecule has 8 nitrogen and oxygen atoms in total. The minimum absolute atomic E-state index is 0.0356. The summed E-state index contributed by atoms with van der Waals surface area (Å²) in [5, 5.41) is 0. The number of anilines is 1. The molecule has 152 valence electrons. The Balaban J connectivity index is 2.02. The van der Waals surface area contributed by atoms with Crippen molar-refractivity contribution in [3.8, 4) is 17.2 Å². The highest BCUT2D eigenvalue weighted by molar-refractivity contribution is 6.03. The predicted molar refractivity (Wildman–Crippen MR) is 104 cm³/mol. The average Bonchev–Trinajstić information content (AvgIpc) is 2.78. The Morgan fingerprint density at radius 2 is 1.55 bits per heavy atom. The van der Waals surface area contributed by atoms with E-state index in [1.807, 2.05) is 0 Å². The molecule has 1 heterocycles. The van der Waals surface area contributed by atoms with Gasteiger partial charge in [0.25, 0.3) is 0 Å². The second kappa shape index (κ2) is 9.11. The maximum absolute atomic E-state index is 12.5. The van der Waals surface area contributed by atoms with Crippen molar-refractivity contribution >= 4 is 17.6 Å². The fourth-order valence-electron chi connectivity index (χ4n) is 2.87. The van der Waals surface area contributed by atoms with Crippen LogP contribution in [-0.2, 0) is 23.8 Å². The van der Waals surface area contributed by atoms with Gasteiger partial charge in [0.1, 0.15) is 23.9 Å². The number of carbonyl (C=O) groups excluding carboxylic acids is 2. The summed E-state index contributed by atoms with van der Waals surface area (Å²) in [4.78, 5) is 26.2. The van der Waals surface area contributed by atoms with Crippen LogP contribution in [0.15, 0.2) is 59.8 Å². The molecule has 29 heavy (non-hydrogen) atoms. The van der Waals surface area contributed by atoms with E-state index in [0.29, 0.717) is 22.9 Å². The number of rotatable bonds is 6. The van der Waals surface area contributed by atoms with Gasteiger partial charge in [0.05, 0.1) is 39.2 Å². The molecular formula is C21H21NO7. The molecule has 0 spiro atoms. The molecule has 0 saturated carbocycles. The van der Waals surface area contributed by atoms with E-state index in [1.165, 1.54) is 19.1 Å². The lowest BCUT2D eigenvalue weighted by Gasteiger charge is -2.32. The van der Waals surface area contributed by atoms with Crippen LogP contribution in [0.4, 0.5) is 5.69 Å². The lowest BCUT2D eigenvalue weighted by molar-refractivity contribution is -0.140. The molecule has 1 aliphatic rings. The van der Waals surface area contributed by atoms with Gasteiger partial charge in [-0.2, -0.15) is 0 Å². The first-order chi connectivity index (χ1) is 14.1. The van der Waals surface area contributed by atoms with Crippen molar-refractivity contribution in [1.29, 1.82) is 0 Å². The second-order valence-electron chi connectivity index (χ2n) is 5.96. The van der Waals surface area contributed by atoms with Gasteiger partial charge in [0.15, 0.2) is 5.75 Å². The normalized spacial score (nSPS) is 13.7. The summed E-state index contributed by atoms with van der Waals surface area (Å²) >= 11 is 0. The zero-order chi connectivity index (χ0) is 20.8. The third-order valence-corrected chi connectivity index (χ3v) is 4.28. The molecule has 2 aromatic rings. The van der Waals surface area contributed by atoms with Crippen molar-refractivity contribution in [2.24, 2.45) is 0 Å². The number of benzene rings is 2. The van der Waals surface area contributed by atoms with Gasteiger partial charge in [0.2, 0.25) is 0 Å². The minimum Gasteiger partial charge on any atom is -0.497 e. The van der Waals surface area contributed by atoms with Crippen molar-refractivity contribution in [2.45, 2.75) is 0 Å². The van der Waals surface area contributed by atoms with E-state index in [-0.39, 0.29) is 24.6 Å². The largest absolute Gasteiger partial charge is 0.497 e. The second-order valence-corrected chi connectivity index (χ2v) is 5.96. The maximum atomic E-state index is 12.5. The SMILES string of the molecule is COC(=O)C1=C(C(=O)OC)N(c2ccccc2Oc2ccc(OC)cc2)COC1. The van der Waals surface area contributed by atoms with E-state index in [0.717, 1.165) is 0 Å². The molecule has 2 aromatic carbocycles. The molecule has 0 radical (unpaired) electrons. The highest BCUT2D eigenvalue weighted by Gasteiger charge is 2.33. The van der Waals surface area contributed by atoms with Gasteiger partial charge < -0.3 is 28.6 Å². The fraction of sp³-hybridized carbons (Fsp3) is 0.238. The summed E-state index contributed by atoms with van der Waals surface area (Å²) in [5.41, 5.74) is 0.658. The van der Waals surface area contributed by atoms with Gasteiger partial charge >= 0.3 is 11.9 Å². The molecule has 0 bridgehead atoms. The highest BCUT2D eigenvalue weighted by atomic mass is 16.5. The van der Waals surface area contributed by atoms with Crippen molar-refractivity contribution in [3.05, 3.63) is 59.8 Å². The van der Waals surface area contributed by atoms with Gasteiger partial charge in [-0.15, -0.1) is 0 Å². The van der Waals surface area contributed by atoms with Crippen molar-refractivity contribution in [2.75, 3.05) is 39.6 Å². The maximum Gasteiger partial charge on any atom is 0.355 e. The van der Waals surface area contributed by atoms with Crippen LogP contribution in [0.2, 0.25) is 0 Å². The topological polar surface area (TPSA) is 83.5 Å². The lowest BCUT2D eigenvalue weighted by atomic mass is 10.1. The Morgan fingerprint density at radius 3 is 2.21 bits per heavy atom. The summed E-state index contributed by atoms with van der Waals surface area (Å²) in [6.07, 6.45) is 0. The van der Waals surface area contributed by atoms with E-state index < -0.39 is 11.9 Å². The Kier molecular flexibility index (Phi) is 6.36. The van der Waals surface area contributed by atoms with E-state index in [9.17, 15) is 9.59 Å². The molecule has 0 amide bonds. The Bertz CT molecular complexity index is 921. The van der Waals surface area contributed by atoms with Crippen molar-refractivity contribution in [3.63, 3.8) is 0 Å². The zero-order valence-corrected chi connectivity index (χ0v) is 16.3. The van der Waals surface area contributed by atoms with Crippen molar-refractivity contribution in [1.82, 2.24) is 0 Å². The minimum atomic E-state index is -0.673. The van der Waals surface area contributed by atoms with Crippen LogP contribution >= 0.6 is 0 Å². The van der Waals surface area contributed by atoms with Gasteiger partial charge in [0, 0.05) is 0 Å². The number of nitrogens with zero attached hydrogens (tertiary/aromatic N) is 1. The summed E-state index contributed by atoms with van der Waals surface area (Å²) in [6, 6.07) is 14.2. The zero-order valence-electron chi connectivity index (χ0n) is 16.3. The molecule has 0 aliphatic carbocycles. The molecule has 3 rings (SSSR count). The number of hydrogen-bond acceptors (Lipinski definition) is 8. The number of hydrogen-bond donors (Lipinski definition) is 0. The molecule has 0 atom stereocenters. The highest BCUT2D eigenvalue weighted by Crippen LogP contribution is 2.36. The lowest BCUT2D eigenvalue weighted by Crippen LogP contribution is -2.38. The van der Waals surface area contributed by atoms with E-state index in [1.54, 1.807) is 55.6 Å². The van der Waals surface area contributed by atoms with Gasteiger partial charge in [-0.05, 0) is 36.4 Å². The number of carbonyl (C=O) groups is 2. The van der Waals surface area contributed by atoms with Crippen LogP contribution in [0.5, 0.6) is 17.2 Å². The first-order valence-corrected chi connectivity index (χ1v) is 8.75. The molecule has 0 N–H and O–H groups in total. The van der Waals surface area contributed by atoms with Crippen LogP contribution < -0.4 is 14.4 Å². The Hall–Kier alpha value is -3.52. The molecular weight excluding hydrogens is 378 g/mol. The predicted octanol–water partition coefficient (Wildman–Crippen LogP) is 2.88. The number of methoxy groups -OCH3 is 3. The first-order valence-electron chi connectivity index (χ1n) is 8.75. The third-order valence-electron chi connectivity index (χ3n) is 4.28. The van der Waals surface area contributed by atoms with Gasteiger partial charge in [-0.3, -0.25) is 0 Å². The standard InChI is InChI=1S/C21H21NO7/c1-25-14-8-10-15(11-9-14)29-18-7-5-4-6-17(18)22-13-28-12-16(20(23)26-2)19(22)21(24)27-3/h4-11H,12-13H2,1-3H3. The molecule has 0 aromatic heterocycles. The Labute approximate surface area is 168 Å². The number of esters is 2. The molecule has 8 heteroatoms. The van der Waals surface area contributed by atoms with E-state index >= 15 is 0 Å². The van der Waals surface area contributed by atoms with E-state index in [4.69, 9.17) is 23.7 Å². The van der Waals surface area contributed by atoms with E-state index in [2.05, 4.69) is 0 Å². The average molecular weight is 399 g/mol. The summed E-state index contributed by atoms with van der Waals surface area (Å²) in [7, 11) is 4.07. The molecule has 0 unspecified atom stereocenters. The van der Waals surface area contributed by atoms with Crippen LogP contribution in [0.25, 0.3) is 0 Å². The van der Waals surface area contributed by atoms with Gasteiger partial charge in [-0.25, -0.2) is 9.59 Å². The monoisotopic (exact) mass is 399 g/mol. The third kappa shape index (κ3) is 4.33. The van der Waals surface area contributed by atoms with Crippen LogP contribution in [0.3, 0.4) is 0 Å². The Morgan fingerprint density at radius 1 is 0.897 bits per heavy atom. The fourth-order valence-corrected chi connectivity index (χ4v) is 2.87. The smallest absolute Gasteiger partial charge is 0.355 e. The number of ether oxygens (including phenoxy) is 5.